The zero-order valence-corrected chi connectivity index (χ0v) is 16.6. The highest BCUT2D eigenvalue weighted by molar-refractivity contribution is 7.13. The molecule has 0 fully saturated rings. The third kappa shape index (κ3) is 3.69. The van der Waals surface area contributed by atoms with E-state index in [1.54, 1.807) is 17.6 Å². The number of rotatable bonds is 6. The Labute approximate surface area is 167 Å². The first kappa shape index (κ1) is 18.4. The number of hydrogen-bond acceptors (Lipinski definition) is 5. The Morgan fingerprint density at radius 3 is 2.75 bits per heavy atom. The predicted molar refractivity (Wildman–Crippen MR) is 113 cm³/mol. The molecule has 0 aliphatic rings. The summed E-state index contributed by atoms with van der Waals surface area (Å²) in [6.07, 6.45) is 1.65. The molecule has 1 atom stereocenters. The van der Waals surface area contributed by atoms with Crippen molar-refractivity contribution in [2.75, 3.05) is 20.6 Å². The van der Waals surface area contributed by atoms with Crippen LogP contribution in [0, 0.1) is 0 Å². The van der Waals surface area contributed by atoms with E-state index in [4.69, 9.17) is 9.40 Å². The molecule has 6 heteroatoms. The van der Waals surface area contributed by atoms with Gasteiger partial charge in [-0.3, -0.25) is 9.69 Å². The summed E-state index contributed by atoms with van der Waals surface area (Å²) in [7, 11) is 3.94. The fraction of sp³-hybridized carbons (Fsp3) is 0.182. The fourth-order valence-electron chi connectivity index (χ4n) is 3.22. The minimum Gasteiger partial charge on any atom is -0.468 e. The van der Waals surface area contributed by atoms with Crippen molar-refractivity contribution in [3.05, 3.63) is 77.6 Å². The maximum Gasteiger partial charge on any atom is 0.252 e. The fourth-order valence-corrected chi connectivity index (χ4v) is 3.90. The highest BCUT2D eigenvalue weighted by Crippen LogP contribution is 2.28. The topological polar surface area (TPSA) is 58.4 Å². The highest BCUT2D eigenvalue weighted by atomic mass is 32.1. The lowest BCUT2D eigenvalue weighted by Gasteiger charge is -2.22. The van der Waals surface area contributed by atoms with Crippen molar-refractivity contribution >= 4 is 28.1 Å². The number of aromatic nitrogens is 1. The lowest BCUT2D eigenvalue weighted by Crippen LogP contribution is -2.34. The maximum absolute atomic E-state index is 13.1. The Kier molecular flexibility index (Phi) is 5.23. The van der Waals surface area contributed by atoms with Gasteiger partial charge in [0.05, 0.1) is 34.0 Å². The van der Waals surface area contributed by atoms with Gasteiger partial charge < -0.3 is 9.73 Å². The third-order valence-corrected chi connectivity index (χ3v) is 5.58. The van der Waals surface area contributed by atoms with Gasteiger partial charge in [-0.15, -0.1) is 11.3 Å². The molecule has 1 aromatic carbocycles. The van der Waals surface area contributed by atoms with Crippen molar-refractivity contribution in [3.63, 3.8) is 0 Å². The summed E-state index contributed by atoms with van der Waals surface area (Å²) in [5.74, 6) is 0.707. The molecule has 0 unspecified atom stereocenters. The molecule has 0 saturated heterocycles. The molecule has 0 saturated carbocycles. The van der Waals surface area contributed by atoms with Crippen LogP contribution in [0.4, 0.5) is 0 Å². The molecular weight excluding hydrogens is 370 g/mol. The number of nitrogens with one attached hydrogen (secondary N) is 1. The number of benzene rings is 1. The van der Waals surface area contributed by atoms with E-state index in [2.05, 4.69) is 5.32 Å². The highest BCUT2D eigenvalue weighted by Gasteiger charge is 2.20. The molecule has 4 rings (SSSR count). The Hall–Kier alpha value is -2.96. The van der Waals surface area contributed by atoms with E-state index in [0.717, 1.165) is 27.2 Å². The molecule has 1 N–H and O–H groups in total. The van der Waals surface area contributed by atoms with Gasteiger partial charge in [-0.05, 0) is 49.8 Å². The van der Waals surface area contributed by atoms with Gasteiger partial charge in [-0.1, -0.05) is 24.3 Å². The van der Waals surface area contributed by atoms with Crippen molar-refractivity contribution in [1.82, 2.24) is 15.2 Å². The molecule has 0 bridgehead atoms. The number of fused-ring (bicyclic) bond motifs is 1. The summed E-state index contributed by atoms with van der Waals surface area (Å²) in [4.78, 5) is 20.9. The number of nitrogens with zero attached hydrogens (tertiary/aromatic N) is 2. The zero-order chi connectivity index (χ0) is 19.5. The van der Waals surface area contributed by atoms with Crippen LogP contribution in [-0.2, 0) is 0 Å². The Morgan fingerprint density at radius 1 is 1.18 bits per heavy atom. The van der Waals surface area contributed by atoms with E-state index in [0.29, 0.717) is 12.1 Å². The van der Waals surface area contributed by atoms with Crippen molar-refractivity contribution < 1.29 is 9.21 Å². The Morgan fingerprint density at radius 2 is 2.04 bits per heavy atom. The molecule has 0 aliphatic heterocycles. The maximum atomic E-state index is 13.1. The summed E-state index contributed by atoms with van der Waals surface area (Å²) in [5.41, 5.74) is 2.26. The van der Waals surface area contributed by atoms with Crippen molar-refractivity contribution in [1.29, 1.82) is 0 Å². The van der Waals surface area contributed by atoms with E-state index in [9.17, 15) is 4.79 Å². The Balaban J connectivity index is 1.65. The van der Waals surface area contributed by atoms with Crippen LogP contribution in [0.25, 0.3) is 21.5 Å². The predicted octanol–water partition coefficient (Wildman–Crippen LogP) is 4.59. The molecule has 142 valence electrons. The quantitative estimate of drug-likeness (QED) is 0.522. The van der Waals surface area contributed by atoms with Gasteiger partial charge in [0.15, 0.2) is 0 Å². The molecule has 5 nitrogen and oxygen atoms in total. The second kappa shape index (κ2) is 7.96. The summed E-state index contributed by atoms with van der Waals surface area (Å²) in [6, 6.07) is 17.4. The lowest BCUT2D eigenvalue weighted by molar-refractivity contribution is 0.0940. The number of amides is 1. The van der Waals surface area contributed by atoms with E-state index in [1.807, 2.05) is 79.0 Å². The summed E-state index contributed by atoms with van der Waals surface area (Å²) in [5, 5.41) is 5.93. The van der Waals surface area contributed by atoms with Crippen LogP contribution in [-0.4, -0.2) is 36.4 Å². The standard InChI is InChI=1S/C22H21N3O2S/c1-25(2)19(20-9-5-11-27-20)14-23-22(26)16-13-18(21-10-6-12-28-21)24-17-8-4-3-7-15(16)17/h3-13,19H,14H2,1-2H3,(H,23,26)/t19-/m0/s1. The molecular formula is C22H21N3O2S. The minimum atomic E-state index is -0.116. The van der Waals surface area contributed by atoms with Crippen LogP contribution in [0.1, 0.15) is 22.2 Å². The zero-order valence-electron chi connectivity index (χ0n) is 15.8. The van der Waals surface area contributed by atoms with Crippen LogP contribution in [0.2, 0.25) is 0 Å². The van der Waals surface area contributed by atoms with E-state index in [-0.39, 0.29) is 11.9 Å². The number of hydrogen-bond donors (Lipinski definition) is 1. The van der Waals surface area contributed by atoms with Gasteiger partial charge >= 0.3 is 0 Å². The van der Waals surface area contributed by atoms with E-state index < -0.39 is 0 Å². The second-order valence-corrected chi connectivity index (χ2v) is 7.70. The molecule has 0 radical (unpaired) electrons. The van der Waals surface area contributed by atoms with Gasteiger partial charge in [-0.25, -0.2) is 4.98 Å². The molecule has 4 aromatic rings. The van der Waals surface area contributed by atoms with Crippen molar-refractivity contribution in [2.45, 2.75) is 6.04 Å². The Bertz CT molecular complexity index is 1070. The van der Waals surface area contributed by atoms with Crippen LogP contribution in [0.3, 0.4) is 0 Å². The molecule has 28 heavy (non-hydrogen) atoms. The average Bonchev–Trinajstić information content (AvgIpc) is 3.41. The normalized spacial score (nSPS) is 12.4. The number of thiophene rings is 1. The number of furan rings is 1. The lowest BCUT2D eigenvalue weighted by atomic mass is 10.1. The smallest absolute Gasteiger partial charge is 0.252 e. The van der Waals surface area contributed by atoms with Crippen molar-refractivity contribution in [3.8, 4) is 10.6 Å². The number of carbonyl (C=O) groups is 1. The molecule has 3 aromatic heterocycles. The van der Waals surface area contributed by atoms with Gasteiger partial charge in [0.25, 0.3) is 5.91 Å². The van der Waals surface area contributed by atoms with E-state index in [1.165, 1.54) is 0 Å². The molecule has 1 amide bonds. The van der Waals surface area contributed by atoms with Gasteiger partial charge in [0.1, 0.15) is 5.76 Å². The third-order valence-electron chi connectivity index (χ3n) is 4.69. The average molecular weight is 391 g/mol. The minimum absolute atomic E-state index is 0.0381. The summed E-state index contributed by atoms with van der Waals surface area (Å²) in [6.45, 7) is 0.449. The first-order valence-corrected chi connectivity index (χ1v) is 9.93. The van der Waals surface area contributed by atoms with Crippen LogP contribution >= 0.6 is 11.3 Å². The van der Waals surface area contributed by atoms with Crippen LogP contribution < -0.4 is 5.32 Å². The van der Waals surface area contributed by atoms with Gasteiger partial charge in [-0.2, -0.15) is 0 Å². The first-order chi connectivity index (χ1) is 13.6. The van der Waals surface area contributed by atoms with Gasteiger partial charge in [0, 0.05) is 11.9 Å². The summed E-state index contributed by atoms with van der Waals surface area (Å²) < 4.78 is 5.53. The van der Waals surface area contributed by atoms with E-state index >= 15 is 0 Å². The monoisotopic (exact) mass is 391 g/mol. The first-order valence-electron chi connectivity index (χ1n) is 9.05. The molecule has 3 heterocycles. The van der Waals surface area contributed by atoms with Crippen LogP contribution in [0.15, 0.2) is 70.7 Å². The summed E-state index contributed by atoms with van der Waals surface area (Å²) >= 11 is 1.61. The van der Waals surface area contributed by atoms with Crippen LogP contribution in [0.5, 0.6) is 0 Å². The number of para-hydroxylation sites is 1. The number of likely N-dealkylation sites (N-methyl/N-ethyl adjacent to an activating group) is 1. The second-order valence-electron chi connectivity index (χ2n) is 6.75. The molecule has 0 spiro atoms. The largest absolute Gasteiger partial charge is 0.468 e. The number of carbonyl (C=O) groups excluding carboxylic acids is 1. The number of pyridine rings is 1. The van der Waals surface area contributed by atoms with Crippen molar-refractivity contribution in [2.24, 2.45) is 0 Å². The SMILES string of the molecule is CN(C)[C@@H](CNC(=O)c1cc(-c2cccs2)nc2ccccc12)c1ccco1. The van der Waals surface area contributed by atoms with Gasteiger partial charge in [0.2, 0.25) is 0 Å². The molecule has 0 aliphatic carbocycles.